The van der Waals surface area contributed by atoms with E-state index in [2.05, 4.69) is 50.9 Å². The van der Waals surface area contributed by atoms with Crippen LogP contribution in [0.1, 0.15) is 47.9 Å². The Labute approximate surface area is 209 Å². The molecule has 0 saturated heterocycles. The average Bonchev–Trinajstić information content (AvgIpc) is 2.88. The summed E-state index contributed by atoms with van der Waals surface area (Å²) in [4.78, 5) is 11.7. The van der Waals surface area contributed by atoms with Gasteiger partial charge >= 0.3 is 0 Å². The lowest BCUT2D eigenvalue weighted by atomic mass is 9.91. The van der Waals surface area contributed by atoms with Crippen molar-refractivity contribution in [3.05, 3.63) is 138 Å². The van der Waals surface area contributed by atoms with Crippen molar-refractivity contribution in [2.75, 3.05) is 0 Å². The summed E-state index contributed by atoms with van der Waals surface area (Å²) in [5, 5.41) is 8.46. The average molecular weight is 468 g/mol. The highest BCUT2D eigenvalue weighted by Crippen LogP contribution is 2.30. The summed E-state index contributed by atoms with van der Waals surface area (Å²) in [7, 11) is 0. The molecule has 0 atom stereocenters. The first-order chi connectivity index (χ1) is 16.9. The molecule has 1 N–H and O–H groups in total. The molecule has 0 aliphatic carbocycles. The van der Waals surface area contributed by atoms with E-state index in [0.717, 1.165) is 28.3 Å². The highest BCUT2D eigenvalue weighted by Gasteiger charge is 2.12. The molecule has 0 spiro atoms. The van der Waals surface area contributed by atoms with Crippen LogP contribution in [0.2, 0.25) is 0 Å². The molecule has 0 aliphatic heterocycles. The van der Waals surface area contributed by atoms with E-state index in [-0.39, 0.29) is 12.7 Å². The van der Waals surface area contributed by atoms with Gasteiger partial charge in [-0.15, -0.1) is 6.58 Å². The molecule has 0 fully saturated rings. The lowest BCUT2D eigenvalue weighted by Crippen LogP contribution is -2.03. The van der Waals surface area contributed by atoms with E-state index in [1.807, 2.05) is 38.1 Å². The molecule has 0 heterocycles. The third kappa shape index (κ3) is 6.48. The smallest absolute Gasteiger partial charge is 0.188 e. The molecule has 0 radical (unpaired) electrons. The van der Waals surface area contributed by atoms with Crippen molar-refractivity contribution in [1.29, 1.82) is 5.41 Å². The largest absolute Gasteiger partial charge is 0.300 e. The standard InChI is InChI=1S/C30H26FNO.C2H6.H2/c1-5-10-23-17-22(13-15-26(23)25-12-9-8-11-20(25)4)21(6-2)19-29(32)24-14-16-27(28(31)18-24)30(33)7-3;1-2;/h5-9,11-19,32H,1-3,10H2,4H3;1-2H3;1H/b21-19+,32-29?;;. The van der Waals surface area contributed by atoms with E-state index >= 15 is 0 Å². The third-order valence-electron chi connectivity index (χ3n) is 5.49. The Hall–Kier alpha value is -4.11. The zero-order valence-electron chi connectivity index (χ0n) is 20.7. The van der Waals surface area contributed by atoms with Crippen LogP contribution in [0.15, 0.2) is 105 Å². The van der Waals surface area contributed by atoms with Crippen molar-refractivity contribution < 1.29 is 10.6 Å². The van der Waals surface area contributed by atoms with E-state index in [0.29, 0.717) is 12.0 Å². The van der Waals surface area contributed by atoms with Gasteiger partial charge in [-0.3, -0.25) is 4.79 Å². The number of carbonyl (C=O) groups is 1. The first-order valence-electron chi connectivity index (χ1n) is 11.6. The van der Waals surface area contributed by atoms with Crippen LogP contribution in [0.3, 0.4) is 0 Å². The summed E-state index contributed by atoms with van der Waals surface area (Å²) in [6.45, 7) is 17.3. The Bertz CT molecular complexity index is 1300. The van der Waals surface area contributed by atoms with E-state index in [4.69, 9.17) is 5.41 Å². The molecule has 0 unspecified atom stereocenters. The Morgan fingerprint density at radius 2 is 1.63 bits per heavy atom. The number of benzene rings is 3. The fraction of sp³-hybridized carbons (Fsp3) is 0.125. The van der Waals surface area contributed by atoms with Crippen molar-refractivity contribution in [2.45, 2.75) is 27.2 Å². The SMILES string of the molecule is C=CCc1cc(/C(C=C)=C/C(=N)c2ccc(C(=O)C=C)c(F)c2)ccc1-c1ccccc1C.CC.[HH]. The molecule has 3 rings (SSSR count). The summed E-state index contributed by atoms with van der Waals surface area (Å²) < 4.78 is 14.4. The number of allylic oxidation sites excluding steroid dienone is 5. The van der Waals surface area contributed by atoms with Gasteiger partial charge in [0.05, 0.1) is 11.3 Å². The maximum absolute atomic E-state index is 14.4. The number of aryl methyl sites for hydroxylation is 1. The second-order valence-electron chi connectivity index (χ2n) is 7.66. The lowest BCUT2D eigenvalue weighted by Gasteiger charge is -2.14. The zero-order chi connectivity index (χ0) is 26.0. The van der Waals surface area contributed by atoms with Gasteiger partial charge in [0.1, 0.15) is 5.82 Å². The van der Waals surface area contributed by atoms with Crippen LogP contribution in [-0.2, 0) is 6.42 Å². The highest BCUT2D eigenvalue weighted by molar-refractivity contribution is 6.12. The monoisotopic (exact) mass is 467 g/mol. The van der Waals surface area contributed by atoms with Crippen LogP contribution in [-0.4, -0.2) is 11.5 Å². The van der Waals surface area contributed by atoms with Crippen LogP contribution < -0.4 is 0 Å². The van der Waals surface area contributed by atoms with Gasteiger partial charge in [-0.25, -0.2) is 4.39 Å². The van der Waals surface area contributed by atoms with Crippen LogP contribution in [0.5, 0.6) is 0 Å². The Morgan fingerprint density at radius 3 is 2.23 bits per heavy atom. The fourth-order valence-corrected chi connectivity index (χ4v) is 3.73. The predicted octanol–water partition coefficient (Wildman–Crippen LogP) is 8.81. The number of carbonyl (C=O) groups excluding carboxylic acids is 1. The van der Waals surface area contributed by atoms with Gasteiger partial charge in [0.15, 0.2) is 5.78 Å². The minimum atomic E-state index is -0.674. The van der Waals surface area contributed by atoms with Crippen molar-refractivity contribution >= 4 is 17.1 Å². The molecule has 2 nitrogen and oxygen atoms in total. The third-order valence-corrected chi connectivity index (χ3v) is 5.49. The molecule has 0 amide bonds. The number of hydrogen-bond donors (Lipinski definition) is 1. The maximum Gasteiger partial charge on any atom is 0.188 e. The van der Waals surface area contributed by atoms with Gasteiger partial charge < -0.3 is 5.41 Å². The summed E-state index contributed by atoms with van der Waals surface area (Å²) in [5.74, 6) is -1.16. The molecule has 3 aromatic carbocycles. The number of hydrogen-bond acceptors (Lipinski definition) is 2. The molecular formula is C32H34FNO. The number of ketones is 1. The molecule has 3 aromatic rings. The zero-order valence-corrected chi connectivity index (χ0v) is 20.7. The van der Waals surface area contributed by atoms with Crippen molar-refractivity contribution in [2.24, 2.45) is 0 Å². The molecule has 0 saturated carbocycles. The molecule has 3 heteroatoms. The second kappa shape index (κ2) is 13.0. The number of rotatable bonds is 9. The van der Waals surface area contributed by atoms with Crippen LogP contribution >= 0.6 is 0 Å². The predicted molar refractivity (Wildman–Crippen MR) is 150 cm³/mol. The fourth-order valence-electron chi connectivity index (χ4n) is 3.73. The first-order valence-corrected chi connectivity index (χ1v) is 11.6. The minimum Gasteiger partial charge on any atom is -0.300 e. The van der Waals surface area contributed by atoms with Crippen molar-refractivity contribution in [3.63, 3.8) is 0 Å². The van der Waals surface area contributed by atoms with Crippen LogP contribution in [0, 0.1) is 18.2 Å². The van der Waals surface area contributed by atoms with Gasteiger partial charge in [0.2, 0.25) is 0 Å². The molecule has 35 heavy (non-hydrogen) atoms. The Balaban J connectivity index is 0.00000211. The van der Waals surface area contributed by atoms with E-state index in [1.165, 1.54) is 23.3 Å². The van der Waals surface area contributed by atoms with Crippen LogP contribution in [0.25, 0.3) is 16.7 Å². The minimum absolute atomic E-state index is 0. The van der Waals surface area contributed by atoms with Gasteiger partial charge in [-0.2, -0.15) is 0 Å². The summed E-state index contributed by atoms with van der Waals surface area (Å²) >= 11 is 0. The number of halogens is 1. The van der Waals surface area contributed by atoms with Crippen LogP contribution in [0.4, 0.5) is 4.39 Å². The Kier molecular flexibility index (Phi) is 10.0. The molecule has 0 aliphatic rings. The quantitative estimate of drug-likeness (QED) is 0.110. The van der Waals surface area contributed by atoms with Gasteiger partial charge in [-0.1, -0.05) is 87.7 Å². The van der Waals surface area contributed by atoms with Crippen molar-refractivity contribution in [3.8, 4) is 11.1 Å². The van der Waals surface area contributed by atoms with E-state index < -0.39 is 11.6 Å². The topological polar surface area (TPSA) is 40.9 Å². The molecule has 0 bridgehead atoms. The van der Waals surface area contributed by atoms with Gasteiger partial charge in [-0.05, 0) is 71.0 Å². The van der Waals surface area contributed by atoms with Gasteiger partial charge in [0, 0.05) is 6.99 Å². The van der Waals surface area contributed by atoms with E-state index in [9.17, 15) is 9.18 Å². The normalized spacial score (nSPS) is 10.6. The van der Waals surface area contributed by atoms with E-state index in [1.54, 1.807) is 18.2 Å². The molecule has 180 valence electrons. The Morgan fingerprint density at radius 1 is 0.943 bits per heavy atom. The second-order valence-corrected chi connectivity index (χ2v) is 7.66. The van der Waals surface area contributed by atoms with Gasteiger partial charge in [0.25, 0.3) is 0 Å². The highest BCUT2D eigenvalue weighted by atomic mass is 19.1. The summed E-state index contributed by atoms with van der Waals surface area (Å²) in [6.07, 6.45) is 6.97. The molecular weight excluding hydrogens is 433 g/mol. The van der Waals surface area contributed by atoms with Crippen molar-refractivity contribution in [1.82, 2.24) is 0 Å². The summed E-state index contributed by atoms with van der Waals surface area (Å²) in [5.41, 5.74) is 6.70. The first kappa shape index (κ1) is 27.1. The number of nitrogens with one attached hydrogen (secondary N) is 1. The maximum atomic E-state index is 14.4. The lowest BCUT2D eigenvalue weighted by molar-refractivity contribution is 0.104. The summed E-state index contributed by atoms with van der Waals surface area (Å²) in [6, 6.07) is 18.5. The molecule has 0 aromatic heterocycles.